The quantitative estimate of drug-likeness (QED) is 0.732. The standard InChI is InChI=1S/C23H28FNO4S/c1-16-21(30(27,28)22(13-25-16)17-5-3-2-4-6-17)11-18-7-8-19(12-20(18)24)23(9-10-26)14-29-15-23/h2-8,12,16,21-22,25-26H,9-11,13-15H2,1H3/t16-,21?,22-/m0/s1. The van der Waals surface area contributed by atoms with Crippen LogP contribution in [0.2, 0.25) is 0 Å². The summed E-state index contributed by atoms with van der Waals surface area (Å²) in [5, 5.41) is 11.3. The fourth-order valence-corrected chi connectivity index (χ4v) is 6.95. The average Bonchev–Trinajstić information content (AvgIpc) is 2.69. The lowest BCUT2D eigenvalue weighted by molar-refractivity contribution is -0.0702. The van der Waals surface area contributed by atoms with E-state index in [2.05, 4.69) is 5.32 Å². The summed E-state index contributed by atoms with van der Waals surface area (Å²) >= 11 is 0. The van der Waals surface area contributed by atoms with E-state index in [0.29, 0.717) is 31.7 Å². The second kappa shape index (κ2) is 8.38. The molecule has 7 heteroatoms. The van der Waals surface area contributed by atoms with Gasteiger partial charge in [-0.25, -0.2) is 12.8 Å². The van der Waals surface area contributed by atoms with E-state index in [-0.39, 0.29) is 24.5 Å². The Labute approximate surface area is 177 Å². The molecule has 0 aliphatic carbocycles. The van der Waals surface area contributed by atoms with E-state index in [4.69, 9.17) is 4.74 Å². The molecule has 2 aliphatic heterocycles. The van der Waals surface area contributed by atoms with Gasteiger partial charge in [-0.1, -0.05) is 42.5 Å². The molecular weight excluding hydrogens is 405 g/mol. The monoisotopic (exact) mass is 433 g/mol. The summed E-state index contributed by atoms with van der Waals surface area (Å²) in [7, 11) is -3.50. The van der Waals surface area contributed by atoms with Crippen LogP contribution in [0.5, 0.6) is 0 Å². The molecule has 2 aromatic rings. The number of aliphatic hydroxyl groups is 1. The van der Waals surface area contributed by atoms with Crippen molar-refractivity contribution in [2.24, 2.45) is 0 Å². The van der Waals surface area contributed by atoms with E-state index in [1.165, 1.54) is 6.07 Å². The molecular formula is C23H28FNO4S. The van der Waals surface area contributed by atoms with Gasteiger partial charge in [-0.2, -0.15) is 0 Å². The van der Waals surface area contributed by atoms with Crippen LogP contribution in [0.4, 0.5) is 4.39 Å². The molecule has 2 aromatic carbocycles. The van der Waals surface area contributed by atoms with Crippen LogP contribution in [-0.4, -0.2) is 51.2 Å². The van der Waals surface area contributed by atoms with Crippen LogP contribution in [0, 0.1) is 5.82 Å². The second-order valence-corrected chi connectivity index (χ2v) is 10.8. The fraction of sp³-hybridized carbons (Fsp3) is 0.478. The van der Waals surface area contributed by atoms with Gasteiger partial charge in [0.1, 0.15) is 5.82 Å². The number of hydrogen-bond donors (Lipinski definition) is 2. The first-order valence-corrected chi connectivity index (χ1v) is 12.0. The first kappa shape index (κ1) is 21.4. The predicted molar refractivity (Wildman–Crippen MR) is 114 cm³/mol. The Hall–Kier alpha value is -1.80. The van der Waals surface area contributed by atoms with Gasteiger partial charge in [0.2, 0.25) is 0 Å². The number of benzene rings is 2. The summed E-state index contributed by atoms with van der Waals surface area (Å²) < 4.78 is 47.1. The highest BCUT2D eigenvalue weighted by atomic mass is 32.2. The molecule has 3 atom stereocenters. The Kier molecular flexibility index (Phi) is 5.99. The molecule has 30 heavy (non-hydrogen) atoms. The molecule has 2 fully saturated rings. The number of nitrogens with one attached hydrogen (secondary N) is 1. The summed E-state index contributed by atoms with van der Waals surface area (Å²) in [4.78, 5) is 0. The molecule has 0 radical (unpaired) electrons. The van der Waals surface area contributed by atoms with Crippen molar-refractivity contribution in [1.29, 1.82) is 0 Å². The molecule has 2 saturated heterocycles. The van der Waals surface area contributed by atoms with Gasteiger partial charge in [-0.15, -0.1) is 0 Å². The largest absolute Gasteiger partial charge is 0.396 e. The Balaban J connectivity index is 1.59. The van der Waals surface area contributed by atoms with E-state index < -0.39 is 26.2 Å². The van der Waals surface area contributed by atoms with E-state index >= 15 is 4.39 Å². The highest BCUT2D eigenvalue weighted by Crippen LogP contribution is 2.37. The van der Waals surface area contributed by atoms with Gasteiger partial charge in [0.15, 0.2) is 9.84 Å². The van der Waals surface area contributed by atoms with Crippen LogP contribution in [0.15, 0.2) is 48.5 Å². The Bertz CT molecular complexity index is 992. The molecule has 2 N–H and O–H groups in total. The van der Waals surface area contributed by atoms with Gasteiger partial charge < -0.3 is 15.2 Å². The molecule has 0 bridgehead atoms. The lowest BCUT2D eigenvalue weighted by Crippen LogP contribution is -2.53. The number of aliphatic hydroxyl groups excluding tert-OH is 1. The molecule has 0 amide bonds. The van der Waals surface area contributed by atoms with Crippen molar-refractivity contribution in [1.82, 2.24) is 5.32 Å². The van der Waals surface area contributed by atoms with Crippen LogP contribution < -0.4 is 5.32 Å². The molecule has 0 aromatic heterocycles. The highest BCUT2D eigenvalue weighted by molar-refractivity contribution is 7.92. The summed E-state index contributed by atoms with van der Waals surface area (Å²) in [6.45, 7) is 3.13. The van der Waals surface area contributed by atoms with Crippen LogP contribution >= 0.6 is 0 Å². The lowest BCUT2D eigenvalue weighted by Gasteiger charge is -2.42. The Morgan fingerprint density at radius 1 is 1.20 bits per heavy atom. The zero-order valence-electron chi connectivity index (χ0n) is 17.1. The van der Waals surface area contributed by atoms with Crippen molar-refractivity contribution >= 4 is 9.84 Å². The van der Waals surface area contributed by atoms with E-state index in [1.807, 2.05) is 43.3 Å². The summed E-state index contributed by atoms with van der Waals surface area (Å²) in [6.07, 6.45) is 0.637. The number of ether oxygens (including phenoxy) is 1. The molecule has 2 heterocycles. The normalized spacial score (nSPS) is 27.4. The number of halogens is 1. The Morgan fingerprint density at radius 2 is 1.93 bits per heavy atom. The molecule has 162 valence electrons. The summed E-state index contributed by atoms with van der Waals surface area (Å²) in [5.74, 6) is -0.402. The fourth-order valence-electron chi connectivity index (χ4n) is 4.58. The van der Waals surface area contributed by atoms with E-state index in [0.717, 1.165) is 11.1 Å². The number of sulfone groups is 1. The van der Waals surface area contributed by atoms with Crippen LogP contribution in [0.3, 0.4) is 0 Å². The van der Waals surface area contributed by atoms with Gasteiger partial charge >= 0.3 is 0 Å². The van der Waals surface area contributed by atoms with Crippen molar-refractivity contribution in [3.63, 3.8) is 0 Å². The van der Waals surface area contributed by atoms with Gasteiger partial charge in [-0.3, -0.25) is 0 Å². The van der Waals surface area contributed by atoms with E-state index in [9.17, 15) is 13.5 Å². The van der Waals surface area contributed by atoms with Gasteiger partial charge in [0, 0.05) is 24.6 Å². The zero-order valence-corrected chi connectivity index (χ0v) is 17.9. The summed E-state index contributed by atoms with van der Waals surface area (Å²) in [6, 6.07) is 13.9. The Morgan fingerprint density at radius 3 is 2.53 bits per heavy atom. The maximum atomic E-state index is 15.0. The first-order chi connectivity index (χ1) is 14.4. The molecule has 0 spiro atoms. The minimum atomic E-state index is -3.50. The number of hydrogen-bond acceptors (Lipinski definition) is 5. The third-order valence-corrected chi connectivity index (χ3v) is 9.26. The van der Waals surface area contributed by atoms with Crippen LogP contribution in [0.25, 0.3) is 0 Å². The van der Waals surface area contributed by atoms with Crippen molar-refractivity contribution in [3.8, 4) is 0 Å². The van der Waals surface area contributed by atoms with Crippen molar-refractivity contribution in [3.05, 3.63) is 71.0 Å². The molecule has 5 nitrogen and oxygen atoms in total. The SMILES string of the molecule is C[C@@H]1NC[C@@H](c2ccccc2)S(=O)(=O)C1Cc1ccc(C2(CCO)COC2)cc1F. The van der Waals surface area contributed by atoms with E-state index in [1.54, 1.807) is 6.07 Å². The third kappa shape index (κ3) is 3.80. The topological polar surface area (TPSA) is 75.6 Å². The average molecular weight is 434 g/mol. The van der Waals surface area contributed by atoms with Crippen molar-refractivity contribution in [2.75, 3.05) is 26.4 Å². The van der Waals surface area contributed by atoms with Crippen LogP contribution in [-0.2, 0) is 26.4 Å². The zero-order chi connectivity index (χ0) is 21.4. The van der Waals surface area contributed by atoms with Gasteiger partial charge in [-0.05, 0) is 42.5 Å². The molecule has 2 aliphatic rings. The summed E-state index contributed by atoms with van der Waals surface area (Å²) in [5.41, 5.74) is 1.60. The van der Waals surface area contributed by atoms with Gasteiger partial charge in [0.05, 0.1) is 23.7 Å². The van der Waals surface area contributed by atoms with Crippen LogP contribution in [0.1, 0.15) is 35.3 Å². The maximum absolute atomic E-state index is 15.0. The molecule has 0 saturated carbocycles. The molecule has 1 unspecified atom stereocenters. The molecule has 4 rings (SSSR count). The third-order valence-electron chi connectivity index (χ3n) is 6.61. The first-order valence-electron chi connectivity index (χ1n) is 10.4. The maximum Gasteiger partial charge on any atom is 0.163 e. The minimum Gasteiger partial charge on any atom is -0.396 e. The smallest absolute Gasteiger partial charge is 0.163 e. The minimum absolute atomic E-state index is 0.0110. The van der Waals surface area contributed by atoms with Crippen molar-refractivity contribution < 1.29 is 22.7 Å². The lowest BCUT2D eigenvalue weighted by atomic mass is 9.75. The second-order valence-electron chi connectivity index (χ2n) is 8.48. The highest BCUT2D eigenvalue weighted by Gasteiger charge is 2.43. The predicted octanol–water partition coefficient (Wildman–Crippen LogP) is 2.54. The van der Waals surface area contributed by atoms with Gasteiger partial charge in [0.25, 0.3) is 0 Å². The van der Waals surface area contributed by atoms with Crippen molar-refractivity contribution in [2.45, 2.75) is 41.7 Å². The number of rotatable bonds is 6.